The van der Waals surface area contributed by atoms with Crippen LogP contribution in [0.2, 0.25) is 0 Å². The summed E-state index contributed by atoms with van der Waals surface area (Å²) in [7, 11) is 0. The van der Waals surface area contributed by atoms with Crippen LogP contribution >= 0.6 is 11.8 Å². The number of nitrogens with one attached hydrogen (secondary N) is 1. The highest BCUT2D eigenvalue weighted by atomic mass is 32.2. The molecule has 3 heteroatoms. The number of rotatable bonds is 2. The van der Waals surface area contributed by atoms with E-state index in [0.29, 0.717) is 0 Å². The van der Waals surface area contributed by atoms with Gasteiger partial charge in [0.05, 0.1) is 6.33 Å². The Morgan fingerprint density at radius 3 is 3.20 bits per heavy atom. The van der Waals surface area contributed by atoms with E-state index in [4.69, 9.17) is 0 Å². The molecule has 1 aliphatic heterocycles. The summed E-state index contributed by atoms with van der Waals surface area (Å²) in [5, 5.41) is 0.978. The Morgan fingerprint density at radius 1 is 1.40 bits per heavy atom. The number of hydrogen-bond acceptors (Lipinski definition) is 2. The van der Waals surface area contributed by atoms with Crippen molar-refractivity contribution in [3.05, 3.63) is 18.2 Å². The van der Waals surface area contributed by atoms with Gasteiger partial charge in [0.2, 0.25) is 0 Å². The van der Waals surface area contributed by atoms with Gasteiger partial charge in [0, 0.05) is 17.1 Å². The SMILES string of the molecule is c1ncc(CC2CSC3CCCCC23)[nH]1. The van der Waals surface area contributed by atoms with Gasteiger partial charge in [0.1, 0.15) is 0 Å². The zero-order valence-corrected chi connectivity index (χ0v) is 9.80. The second kappa shape index (κ2) is 4.20. The summed E-state index contributed by atoms with van der Waals surface area (Å²) in [6.45, 7) is 0. The predicted molar refractivity (Wildman–Crippen MR) is 64.0 cm³/mol. The lowest BCUT2D eigenvalue weighted by Crippen LogP contribution is -2.24. The normalized spacial score (nSPS) is 35.3. The van der Waals surface area contributed by atoms with Gasteiger partial charge >= 0.3 is 0 Å². The lowest BCUT2D eigenvalue weighted by Gasteiger charge is -2.27. The van der Waals surface area contributed by atoms with Gasteiger partial charge in [-0.25, -0.2) is 4.98 Å². The Kier molecular flexibility index (Phi) is 2.74. The fourth-order valence-electron chi connectivity index (χ4n) is 3.13. The van der Waals surface area contributed by atoms with Crippen LogP contribution in [0, 0.1) is 11.8 Å². The molecule has 2 heterocycles. The maximum Gasteiger partial charge on any atom is 0.0921 e. The molecule has 2 fully saturated rings. The summed E-state index contributed by atoms with van der Waals surface area (Å²) < 4.78 is 0. The molecule has 3 rings (SSSR count). The molecule has 82 valence electrons. The molecule has 1 aliphatic carbocycles. The number of H-pyrrole nitrogens is 1. The molecular formula is C12H18N2S. The highest BCUT2D eigenvalue weighted by Crippen LogP contribution is 2.46. The van der Waals surface area contributed by atoms with Gasteiger partial charge in [-0.3, -0.25) is 0 Å². The largest absolute Gasteiger partial charge is 0.348 e. The smallest absolute Gasteiger partial charge is 0.0921 e. The first-order chi connectivity index (χ1) is 7.43. The van der Waals surface area contributed by atoms with Crippen LogP contribution in [0.4, 0.5) is 0 Å². The van der Waals surface area contributed by atoms with Crippen molar-refractivity contribution in [2.24, 2.45) is 11.8 Å². The first-order valence-electron chi connectivity index (χ1n) is 6.02. The molecule has 1 saturated carbocycles. The molecule has 0 aromatic carbocycles. The fourth-order valence-corrected chi connectivity index (χ4v) is 4.93. The first kappa shape index (κ1) is 9.76. The van der Waals surface area contributed by atoms with Crippen LogP contribution in [0.3, 0.4) is 0 Å². The Morgan fingerprint density at radius 2 is 2.33 bits per heavy atom. The van der Waals surface area contributed by atoms with Crippen molar-refractivity contribution in [3.8, 4) is 0 Å². The summed E-state index contributed by atoms with van der Waals surface area (Å²) in [4.78, 5) is 7.35. The number of hydrogen-bond donors (Lipinski definition) is 1. The Balaban J connectivity index is 1.67. The van der Waals surface area contributed by atoms with Crippen LogP contribution in [-0.4, -0.2) is 21.0 Å². The average Bonchev–Trinajstić information content (AvgIpc) is 2.89. The van der Waals surface area contributed by atoms with E-state index in [2.05, 4.69) is 21.7 Å². The summed E-state index contributed by atoms with van der Waals surface area (Å²) >= 11 is 2.22. The van der Waals surface area contributed by atoms with Crippen LogP contribution in [-0.2, 0) is 6.42 Å². The second-order valence-electron chi connectivity index (χ2n) is 4.86. The van der Waals surface area contributed by atoms with Crippen LogP contribution in [0.25, 0.3) is 0 Å². The Bertz CT molecular complexity index is 309. The third kappa shape index (κ3) is 1.94. The summed E-state index contributed by atoms with van der Waals surface area (Å²) in [6, 6.07) is 0. The topological polar surface area (TPSA) is 28.7 Å². The third-order valence-corrected chi connectivity index (χ3v) is 5.55. The number of aromatic nitrogens is 2. The molecule has 3 unspecified atom stereocenters. The van der Waals surface area contributed by atoms with E-state index in [9.17, 15) is 0 Å². The van der Waals surface area contributed by atoms with Crippen LogP contribution < -0.4 is 0 Å². The van der Waals surface area contributed by atoms with Crippen LogP contribution in [0.15, 0.2) is 12.5 Å². The van der Waals surface area contributed by atoms with Crippen molar-refractivity contribution in [1.29, 1.82) is 0 Å². The van der Waals surface area contributed by atoms with Crippen LogP contribution in [0.5, 0.6) is 0 Å². The molecule has 2 aliphatic rings. The number of thioether (sulfide) groups is 1. The van der Waals surface area contributed by atoms with Gasteiger partial charge in [0.25, 0.3) is 0 Å². The molecule has 1 aromatic rings. The van der Waals surface area contributed by atoms with E-state index in [1.54, 1.807) is 6.33 Å². The minimum Gasteiger partial charge on any atom is -0.348 e. The molecule has 3 atom stereocenters. The number of fused-ring (bicyclic) bond motifs is 1. The molecule has 1 N–H and O–H groups in total. The van der Waals surface area contributed by atoms with Crippen LogP contribution in [0.1, 0.15) is 31.4 Å². The summed E-state index contributed by atoms with van der Waals surface area (Å²) in [5.74, 6) is 3.27. The Labute approximate surface area is 95.3 Å². The first-order valence-corrected chi connectivity index (χ1v) is 7.07. The quantitative estimate of drug-likeness (QED) is 0.833. The molecule has 15 heavy (non-hydrogen) atoms. The highest BCUT2D eigenvalue weighted by Gasteiger charge is 2.37. The molecule has 1 aromatic heterocycles. The van der Waals surface area contributed by atoms with E-state index < -0.39 is 0 Å². The standard InChI is InChI=1S/C12H18N2S/c1-2-4-12-11(3-1)9(7-15-12)5-10-6-13-8-14-10/h6,8-9,11-12H,1-5,7H2,(H,13,14). The predicted octanol–water partition coefficient (Wildman–Crippen LogP) is 2.87. The number of nitrogens with zero attached hydrogens (tertiary/aromatic N) is 1. The minimum absolute atomic E-state index is 0.903. The lowest BCUT2D eigenvalue weighted by molar-refractivity contribution is 0.292. The number of aromatic amines is 1. The summed E-state index contributed by atoms with van der Waals surface area (Å²) in [6.07, 6.45) is 10.9. The van der Waals surface area contributed by atoms with Gasteiger partial charge in [-0.1, -0.05) is 12.8 Å². The Hall–Kier alpha value is -0.440. The molecule has 0 radical (unpaired) electrons. The summed E-state index contributed by atoms with van der Waals surface area (Å²) in [5.41, 5.74) is 1.33. The zero-order chi connectivity index (χ0) is 10.1. The molecule has 0 spiro atoms. The van der Waals surface area contributed by atoms with Gasteiger partial charge in [0.15, 0.2) is 0 Å². The van der Waals surface area contributed by atoms with E-state index in [0.717, 1.165) is 17.1 Å². The zero-order valence-electron chi connectivity index (χ0n) is 8.98. The van der Waals surface area contributed by atoms with E-state index in [1.807, 2.05) is 6.20 Å². The molecule has 0 bridgehead atoms. The number of imidazole rings is 1. The molecule has 0 amide bonds. The van der Waals surface area contributed by atoms with Crippen molar-refractivity contribution in [1.82, 2.24) is 9.97 Å². The second-order valence-corrected chi connectivity index (χ2v) is 6.13. The van der Waals surface area contributed by atoms with Crippen molar-refractivity contribution in [2.75, 3.05) is 5.75 Å². The molecule has 1 saturated heterocycles. The van der Waals surface area contributed by atoms with E-state index >= 15 is 0 Å². The van der Waals surface area contributed by atoms with Crippen molar-refractivity contribution in [3.63, 3.8) is 0 Å². The highest BCUT2D eigenvalue weighted by molar-refractivity contribution is 8.00. The molecular weight excluding hydrogens is 204 g/mol. The minimum atomic E-state index is 0.903. The maximum absolute atomic E-state index is 4.11. The van der Waals surface area contributed by atoms with Gasteiger partial charge < -0.3 is 4.98 Å². The fraction of sp³-hybridized carbons (Fsp3) is 0.750. The third-order valence-electron chi connectivity index (χ3n) is 3.92. The average molecular weight is 222 g/mol. The van der Waals surface area contributed by atoms with E-state index in [1.165, 1.54) is 43.6 Å². The van der Waals surface area contributed by atoms with E-state index in [-0.39, 0.29) is 0 Å². The van der Waals surface area contributed by atoms with Gasteiger partial charge in [-0.15, -0.1) is 0 Å². The molecule has 2 nitrogen and oxygen atoms in total. The van der Waals surface area contributed by atoms with Gasteiger partial charge in [-0.2, -0.15) is 11.8 Å². The maximum atomic E-state index is 4.11. The van der Waals surface area contributed by atoms with Crippen molar-refractivity contribution in [2.45, 2.75) is 37.4 Å². The van der Waals surface area contributed by atoms with Gasteiger partial charge in [-0.05, 0) is 36.9 Å². The lowest BCUT2D eigenvalue weighted by atomic mass is 9.79. The van der Waals surface area contributed by atoms with Crippen molar-refractivity contribution < 1.29 is 0 Å². The van der Waals surface area contributed by atoms with Crippen molar-refractivity contribution >= 4 is 11.8 Å². The monoisotopic (exact) mass is 222 g/mol.